The average molecular weight is 276 g/mol. The Morgan fingerprint density at radius 1 is 1.16 bits per heavy atom. The van der Waals surface area contributed by atoms with E-state index in [2.05, 4.69) is 0 Å². The molecule has 0 spiro atoms. The molecule has 2 nitrogen and oxygen atoms in total. The molecule has 1 aromatic rings. The second-order valence-electron chi connectivity index (χ2n) is 5.55. The number of hydrogen-bond donors (Lipinski definition) is 1. The molecular formula is C14H19F3O2. The standard InChI is InChI=1S/C14H19F3O2/c1-13(2,3)10(8-18)9-19-12-7-5-4-6-11(12)14(15,16)17/h4-7,10,18H,8-9H2,1-3H3. The highest BCUT2D eigenvalue weighted by atomic mass is 19.4. The molecule has 5 heteroatoms. The third kappa shape index (κ3) is 4.42. The van der Waals surface area contributed by atoms with Crippen molar-refractivity contribution in [1.82, 2.24) is 0 Å². The number of aliphatic hydroxyl groups is 1. The fourth-order valence-electron chi connectivity index (χ4n) is 1.59. The van der Waals surface area contributed by atoms with E-state index in [4.69, 9.17) is 4.74 Å². The molecule has 0 aliphatic carbocycles. The minimum Gasteiger partial charge on any atom is -0.493 e. The van der Waals surface area contributed by atoms with Crippen LogP contribution in [0.2, 0.25) is 0 Å². The molecule has 19 heavy (non-hydrogen) atoms. The summed E-state index contributed by atoms with van der Waals surface area (Å²) in [5, 5.41) is 9.27. The lowest BCUT2D eigenvalue weighted by atomic mass is 9.82. The molecule has 1 aromatic carbocycles. The Hall–Kier alpha value is -1.23. The number of benzene rings is 1. The summed E-state index contributed by atoms with van der Waals surface area (Å²) in [5.41, 5.74) is -1.03. The first-order valence-corrected chi connectivity index (χ1v) is 6.06. The van der Waals surface area contributed by atoms with Gasteiger partial charge in [0.1, 0.15) is 5.75 Å². The topological polar surface area (TPSA) is 29.5 Å². The molecule has 1 N–H and O–H groups in total. The van der Waals surface area contributed by atoms with Gasteiger partial charge in [-0.1, -0.05) is 32.9 Å². The molecule has 108 valence electrons. The van der Waals surface area contributed by atoms with Crippen LogP contribution in [0.4, 0.5) is 13.2 Å². The van der Waals surface area contributed by atoms with Crippen LogP contribution in [0, 0.1) is 11.3 Å². The fourth-order valence-corrected chi connectivity index (χ4v) is 1.59. The van der Waals surface area contributed by atoms with Crippen molar-refractivity contribution in [3.05, 3.63) is 29.8 Å². The first kappa shape index (κ1) is 15.8. The third-order valence-corrected chi connectivity index (χ3v) is 3.08. The lowest BCUT2D eigenvalue weighted by molar-refractivity contribution is -0.139. The van der Waals surface area contributed by atoms with Gasteiger partial charge in [-0.15, -0.1) is 0 Å². The Balaban J connectivity index is 2.84. The molecule has 1 atom stereocenters. The summed E-state index contributed by atoms with van der Waals surface area (Å²) in [7, 11) is 0. The SMILES string of the molecule is CC(C)(C)C(CO)COc1ccccc1C(F)(F)F. The van der Waals surface area contributed by atoms with Gasteiger partial charge in [-0.25, -0.2) is 0 Å². The zero-order chi connectivity index (χ0) is 14.7. The van der Waals surface area contributed by atoms with Crippen LogP contribution in [0.3, 0.4) is 0 Å². The van der Waals surface area contributed by atoms with E-state index in [-0.39, 0.29) is 30.3 Å². The summed E-state index contributed by atoms with van der Waals surface area (Å²) in [6.45, 7) is 5.65. The number of ether oxygens (including phenoxy) is 1. The Bertz CT molecular complexity index is 408. The van der Waals surface area contributed by atoms with Crippen LogP contribution in [0.5, 0.6) is 5.75 Å². The van der Waals surface area contributed by atoms with E-state index in [1.165, 1.54) is 18.2 Å². The Labute approximate surface area is 111 Å². The van der Waals surface area contributed by atoms with Crippen LogP contribution >= 0.6 is 0 Å². The van der Waals surface area contributed by atoms with Crippen molar-refractivity contribution in [1.29, 1.82) is 0 Å². The zero-order valence-corrected chi connectivity index (χ0v) is 11.3. The highest BCUT2D eigenvalue weighted by Crippen LogP contribution is 2.36. The van der Waals surface area contributed by atoms with Crippen LogP contribution in [-0.2, 0) is 6.18 Å². The molecule has 0 saturated carbocycles. The predicted octanol–water partition coefficient (Wildman–Crippen LogP) is 3.74. The van der Waals surface area contributed by atoms with Crippen LogP contribution < -0.4 is 4.74 Å². The fraction of sp³-hybridized carbons (Fsp3) is 0.571. The van der Waals surface area contributed by atoms with Gasteiger partial charge in [0.15, 0.2) is 0 Å². The van der Waals surface area contributed by atoms with Gasteiger partial charge in [0.2, 0.25) is 0 Å². The van der Waals surface area contributed by atoms with Gasteiger partial charge in [0.05, 0.1) is 12.2 Å². The van der Waals surface area contributed by atoms with Crippen molar-refractivity contribution >= 4 is 0 Å². The largest absolute Gasteiger partial charge is 0.493 e. The van der Waals surface area contributed by atoms with Crippen molar-refractivity contribution < 1.29 is 23.0 Å². The lowest BCUT2D eigenvalue weighted by Gasteiger charge is -2.29. The minimum absolute atomic E-state index is 0.0487. The van der Waals surface area contributed by atoms with Gasteiger partial charge >= 0.3 is 6.18 Å². The molecule has 0 fully saturated rings. The van der Waals surface area contributed by atoms with Crippen molar-refractivity contribution in [3.63, 3.8) is 0 Å². The van der Waals surface area contributed by atoms with E-state index < -0.39 is 11.7 Å². The second kappa shape index (κ2) is 5.82. The van der Waals surface area contributed by atoms with Gasteiger partial charge in [-0.3, -0.25) is 0 Å². The summed E-state index contributed by atoms with van der Waals surface area (Å²) in [6, 6.07) is 5.10. The van der Waals surface area contributed by atoms with Gasteiger partial charge in [0.25, 0.3) is 0 Å². The van der Waals surface area contributed by atoms with E-state index >= 15 is 0 Å². The Kier molecular flexibility index (Phi) is 4.85. The smallest absolute Gasteiger partial charge is 0.419 e. The molecule has 0 radical (unpaired) electrons. The highest BCUT2D eigenvalue weighted by Gasteiger charge is 2.34. The molecule has 0 amide bonds. The van der Waals surface area contributed by atoms with Crippen molar-refractivity contribution in [3.8, 4) is 5.75 Å². The molecule has 0 aliphatic rings. The maximum absolute atomic E-state index is 12.8. The molecule has 0 aromatic heterocycles. The molecule has 0 aliphatic heterocycles. The summed E-state index contributed by atoms with van der Waals surface area (Å²) in [5.74, 6) is -0.425. The molecule has 0 saturated heterocycles. The van der Waals surface area contributed by atoms with E-state index in [1.54, 1.807) is 0 Å². The van der Waals surface area contributed by atoms with E-state index in [9.17, 15) is 18.3 Å². The lowest BCUT2D eigenvalue weighted by Crippen LogP contribution is -2.30. The summed E-state index contributed by atoms with van der Waals surface area (Å²) in [6.07, 6.45) is -4.44. The van der Waals surface area contributed by atoms with Crippen LogP contribution in [-0.4, -0.2) is 18.3 Å². The van der Waals surface area contributed by atoms with E-state index in [0.29, 0.717) is 0 Å². The molecular weight excluding hydrogens is 257 g/mol. The van der Waals surface area contributed by atoms with Crippen molar-refractivity contribution in [2.24, 2.45) is 11.3 Å². The minimum atomic E-state index is -4.44. The summed E-state index contributed by atoms with van der Waals surface area (Å²) < 4.78 is 43.5. The quantitative estimate of drug-likeness (QED) is 0.907. The number of aliphatic hydroxyl groups excluding tert-OH is 1. The maximum Gasteiger partial charge on any atom is 0.419 e. The van der Waals surface area contributed by atoms with E-state index in [0.717, 1.165) is 6.07 Å². The first-order valence-electron chi connectivity index (χ1n) is 6.06. The maximum atomic E-state index is 12.8. The zero-order valence-electron chi connectivity index (χ0n) is 11.3. The monoisotopic (exact) mass is 276 g/mol. The number of para-hydroxylation sites is 1. The van der Waals surface area contributed by atoms with Crippen molar-refractivity contribution in [2.45, 2.75) is 26.9 Å². The van der Waals surface area contributed by atoms with Gasteiger partial charge in [0, 0.05) is 12.5 Å². The van der Waals surface area contributed by atoms with Gasteiger partial charge in [-0.05, 0) is 17.5 Å². The highest BCUT2D eigenvalue weighted by molar-refractivity contribution is 5.35. The predicted molar refractivity (Wildman–Crippen MR) is 67.0 cm³/mol. The van der Waals surface area contributed by atoms with Crippen LogP contribution in [0.15, 0.2) is 24.3 Å². The summed E-state index contributed by atoms with van der Waals surface area (Å²) in [4.78, 5) is 0. The molecule has 1 rings (SSSR count). The van der Waals surface area contributed by atoms with Gasteiger partial charge in [-0.2, -0.15) is 13.2 Å². The average Bonchev–Trinajstić information content (AvgIpc) is 2.27. The second-order valence-corrected chi connectivity index (χ2v) is 5.55. The number of rotatable bonds is 4. The Morgan fingerprint density at radius 3 is 2.21 bits per heavy atom. The molecule has 1 unspecified atom stereocenters. The summed E-state index contributed by atoms with van der Waals surface area (Å²) >= 11 is 0. The van der Waals surface area contributed by atoms with Crippen LogP contribution in [0.25, 0.3) is 0 Å². The number of halogens is 3. The van der Waals surface area contributed by atoms with Gasteiger partial charge < -0.3 is 9.84 Å². The van der Waals surface area contributed by atoms with Crippen LogP contribution in [0.1, 0.15) is 26.3 Å². The normalized spacial score (nSPS) is 14.3. The number of alkyl halides is 3. The van der Waals surface area contributed by atoms with Crippen molar-refractivity contribution in [2.75, 3.05) is 13.2 Å². The third-order valence-electron chi connectivity index (χ3n) is 3.08. The molecule has 0 bridgehead atoms. The molecule has 0 heterocycles. The number of hydrogen-bond acceptors (Lipinski definition) is 2. The first-order chi connectivity index (χ1) is 8.66. The van der Waals surface area contributed by atoms with E-state index in [1.807, 2.05) is 20.8 Å². The Morgan fingerprint density at radius 2 is 1.74 bits per heavy atom.